The highest BCUT2D eigenvalue weighted by Gasteiger charge is 2.15. The number of rotatable bonds is 3. The number of amides is 1. The van der Waals surface area contributed by atoms with Crippen molar-refractivity contribution in [2.75, 3.05) is 0 Å². The first-order valence-corrected chi connectivity index (χ1v) is 6.06. The molecular formula is C15H15NO3. The molecule has 1 heterocycles. The Morgan fingerprint density at radius 1 is 1.16 bits per heavy atom. The standard InChI is InChI=1S/C15H15NO3/c1-12(17)11-13-7-9-16(10-8-13)15(18)19-14-5-3-2-4-6-14/h2-10,13H,11H2,1H3. The Morgan fingerprint density at radius 2 is 1.79 bits per heavy atom. The van der Waals surface area contributed by atoms with Crippen molar-refractivity contribution in [3.05, 3.63) is 54.9 Å². The fourth-order valence-corrected chi connectivity index (χ4v) is 1.75. The summed E-state index contributed by atoms with van der Waals surface area (Å²) in [6, 6.07) is 8.88. The SMILES string of the molecule is CC(=O)CC1C=CN(C(=O)Oc2ccccc2)C=C1. The molecule has 19 heavy (non-hydrogen) atoms. The number of ketones is 1. The highest BCUT2D eigenvalue weighted by atomic mass is 16.6. The first kappa shape index (κ1) is 13.1. The van der Waals surface area contributed by atoms with Crippen LogP contribution >= 0.6 is 0 Å². The molecule has 1 aromatic rings. The maximum absolute atomic E-state index is 11.8. The van der Waals surface area contributed by atoms with E-state index in [1.165, 1.54) is 4.90 Å². The minimum atomic E-state index is -0.472. The molecule has 0 saturated carbocycles. The average molecular weight is 257 g/mol. The Hall–Kier alpha value is -2.36. The van der Waals surface area contributed by atoms with Crippen LogP contribution in [0.3, 0.4) is 0 Å². The molecule has 1 amide bonds. The van der Waals surface area contributed by atoms with E-state index in [1.807, 2.05) is 18.2 Å². The quantitative estimate of drug-likeness (QED) is 0.835. The molecule has 0 radical (unpaired) electrons. The molecule has 0 aromatic heterocycles. The third-order valence-corrected chi connectivity index (χ3v) is 2.67. The molecule has 1 aromatic carbocycles. The lowest BCUT2D eigenvalue weighted by atomic mass is 10.0. The second kappa shape index (κ2) is 6.00. The number of nitrogens with zero attached hydrogens (tertiary/aromatic N) is 1. The number of hydrogen-bond donors (Lipinski definition) is 0. The van der Waals surface area contributed by atoms with Crippen molar-refractivity contribution in [1.82, 2.24) is 4.90 Å². The summed E-state index contributed by atoms with van der Waals surface area (Å²) in [5, 5.41) is 0. The summed E-state index contributed by atoms with van der Waals surface area (Å²) >= 11 is 0. The first-order valence-electron chi connectivity index (χ1n) is 6.06. The van der Waals surface area contributed by atoms with E-state index in [1.54, 1.807) is 43.6 Å². The van der Waals surface area contributed by atoms with E-state index in [2.05, 4.69) is 0 Å². The van der Waals surface area contributed by atoms with Crippen LogP contribution in [0.25, 0.3) is 0 Å². The van der Waals surface area contributed by atoms with Gasteiger partial charge in [0.2, 0.25) is 0 Å². The average Bonchev–Trinajstić information content (AvgIpc) is 2.40. The van der Waals surface area contributed by atoms with Gasteiger partial charge in [-0.25, -0.2) is 4.79 Å². The first-order chi connectivity index (χ1) is 9.15. The maximum Gasteiger partial charge on any atom is 0.423 e. The molecule has 4 nitrogen and oxygen atoms in total. The fraction of sp³-hybridized carbons (Fsp3) is 0.200. The Balaban J connectivity index is 1.92. The van der Waals surface area contributed by atoms with Gasteiger partial charge in [0.25, 0.3) is 0 Å². The normalized spacial score (nSPS) is 14.5. The van der Waals surface area contributed by atoms with Crippen LogP contribution in [0.2, 0.25) is 0 Å². The van der Waals surface area contributed by atoms with Crippen molar-refractivity contribution in [3.8, 4) is 5.75 Å². The summed E-state index contributed by atoms with van der Waals surface area (Å²) in [5.41, 5.74) is 0. The monoisotopic (exact) mass is 257 g/mol. The van der Waals surface area contributed by atoms with E-state index in [4.69, 9.17) is 4.74 Å². The van der Waals surface area contributed by atoms with E-state index in [0.29, 0.717) is 12.2 Å². The predicted molar refractivity (Wildman–Crippen MR) is 71.4 cm³/mol. The van der Waals surface area contributed by atoms with Gasteiger partial charge in [0, 0.05) is 24.7 Å². The number of carbonyl (C=O) groups is 2. The molecule has 1 aliphatic rings. The lowest BCUT2D eigenvalue weighted by Crippen LogP contribution is -2.26. The lowest BCUT2D eigenvalue weighted by Gasteiger charge is -2.19. The molecule has 0 spiro atoms. The molecule has 0 bridgehead atoms. The molecule has 0 fully saturated rings. The molecule has 4 heteroatoms. The molecule has 0 atom stereocenters. The van der Waals surface area contributed by atoms with Gasteiger partial charge >= 0.3 is 6.09 Å². The number of allylic oxidation sites excluding steroid dienone is 2. The van der Waals surface area contributed by atoms with Crippen LogP contribution in [-0.4, -0.2) is 16.8 Å². The predicted octanol–water partition coefficient (Wildman–Crippen LogP) is 3.12. The van der Waals surface area contributed by atoms with Crippen molar-refractivity contribution in [2.24, 2.45) is 5.92 Å². The van der Waals surface area contributed by atoms with E-state index < -0.39 is 6.09 Å². The van der Waals surface area contributed by atoms with Crippen molar-refractivity contribution >= 4 is 11.9 Å². The summed E-state index contributed by atoms with van der Waals surface area (Å²) in [7, 11) is 0. The number of Topliss-reactive ketones (excluding diaryl/α,β-unsaturated/α-hetero) is 1. The van der Waals surface area contributed by atoms with E-state index >= 15 is 0 Å². The van der Waals surface area contributed by atoms with Crippen molar-refractivity contribution in [2.45, 2.75) is 13.3 Å². The van der Waals surface area contributed by atoms with Gasteiger partial charge < -0.3 is 4.74 Å². The molecule has 0 N–H and O–H groups in total. The number of para-hydroxylation sites is 1. The smallest absolute Gasteiger partial charge is 0.410 e. The van der Waals surface area contributed by atoms with Crippen molar-refractivity contribution < 1.29 is 14.3 Å². The Morgan fingerprint density at radius 3 is 2.37 bits per heavy atom. The fourth-order valence-electron chi connectivity index (χ4n) is 1.75. The molecule has 0 saturated heterocycles. The van der Waals surface area contributed by atoms with Crippen LogP contribution in [0.5, 0.6) is 5.75 Å². The molecule has 98 valence electrons. The van der Waals surface area contributed by atoms with Gasteiger partial charge in [-0.2, -0.15) is 0 Å². The summed E-state index contributed by atoms with van der Waals surface area (Å²) in [4.78, 5) is 24.2. The van der Waals surface area contributed by atoms with Gasteiger partial charge in [-0.3, -0.25) is 9.69 Å². The highest BCUT2D eigenvalue weighted by Crippen LogP contribution is 2.16. The van der Waals surface area contributed by atoms with Crippen molar-refractivity contribution in [1.29, 1.82) is 0 Å². The largest absolute Gasteiger partial charge is 0.423 e. The Labute approximate surface area is 112 Å². The van der Waals surface area contributed by atoms with Crippen LogP contribution in [0, 0.1) is 5.92 Å². The third-order valence-electron chi connectivity index (χ3n) is 2.67. The van der Waals surface area contributed by atoms with Gasteiger partial charge in [-0.1, -0.05) is 30.4 Å². The van der Waals surface area contributed by atoms with Crippen LogP contribution < -0.4 is 4.74 Å². The molecule has 0 unspecified atom stereocenters. The van der Waals surface area contributed by atoms with Crippen LogP contribution in [0.4, 0.5) is 4.79 Å². The Bertz CT molecular complexity index is 505. The van der Waals surface area contributed by atoms with Gasteiger partial charge in [-0.15, -0.1) is 0 Å². The minimum Gasteiger partial charge on any atom is -0.410 e. The zero-order valence-corrected chi connectivity index (χ0v) is 10.7. The minimum absolute atomic E-state index is 0.0540. The van der Waals surface area contributed by atoms with Gasteiger partial charge in [0.05, 0.1) is 0 Å². The summed E-state index contributed by atoms with van der Waals surface area (Å²) in [6.07, 6.45) is 6.85. The van der Waals surface area contributed by atoms with Gasteiger partial charge in [0.15, 0.2) is 0 Å². The van der Waals surface area contributed by atoms with E-state index in [-0.39, 0.29) is 11.7 Å². The molecule has 2 rings (SSSR count). The van der Waals surface area contributed by atoms with E-state index in [0.717, 1.165) is 0 Å². The number of carbonyl (C=O) groups excluding carboxylic acids is 2. The second-order valence-electron chi connectivity index (χ2n) is 4.34. The topological polar surface area (TPSA) is 46.6 Å². The van der Waals surface area contributed by atoms with E-state index in [9.17, 15) is 9.59 Å². The van der Waals surface area contributed by atoms with Gasteiger partial charge in [-0.05, 0) is 19.1 Å². The van der Waals surface area contributed by atoms with Crippen LogP contribution in [-0.2, 0) is 4.79 Å². The zero-order chi connectivity index (χ0) is 13.7. The maximum atomic E-state index is 11.8. The van der Waals surface area contributed by atoms with Crippen LogP contribution in [0.1, 0.15) is 13.3 Å². The zero-order valence-electron chi connectivity index (χ0n) is 10.7. The lowest BCUT2D eigenvalue weighted by molar-refractivity contribution is -0.117. The summed E-state index contributed by atoms with van der Waals surface area (Å²) in [5.74, 6) is 0.679. The van der Waals surface area contributed by atoms with Gasteiger partial charge in [0.1, 0.15) is 11.5 Å². The van der Waals surface area contributed by atoms with Crippen molar-refractivity contribution in [3.63, 3.8) is 0 Å². The number of ether oxygens (including phenoxy) is 1. The number of hydrogen-bond acceptors (Lipinski definition) is 3. The summed E-state index contributed by atoms with van der Waals surface area (Å²) in [6.45, 7) is 1.55. The highest BCUT2D eigenvalue weighted by molar-refractivity contribution is 5.76. The molecule has 0 aliphatic carbocycles. The Kier molecular flexibility index (Phi) is 4.13. The molecular weight excluding hydrogens is 242 g/mol. The summed E-state index contributed by atoms with van der Waals surface area (Å²) < 4.78 is 5.19. The van der Waals surface area contributed by atoms with Crippen LogP contribution in [0.15, 0.2) is 54.9 Å². The molecule has 1 aliphatic heterocycles. The second-order valence-corrected chi connectivity index (χ2v) is 4.34. The third kappa shape index (κ3) is 3.81. The number of benzene rings is 1.